The van der Waals surface area contributed by atoms with E-state index < -0.39 is 22.3 Å². The quantitative estimate of drug-likeness (QED) is 0.492. The molecule has 12 heteroatoms. The molecule has 0 aromatic heterocycles. The van der Waals surface area contributed by atoms with Crippen molar-refractivity contribution in [2.45, 2.75) is 37.1 Å². The number of sulfonamides is 1. The zero-order chi connectivity index (χ0) is 23.5. The number of hydroxylamine groups is 1. The molecule has 8 nitrogen and oxygen atoms in total. The lowest BCUT2D eigenvalue weighted by molar-refractivity contribution is -0.274. The van der Waals surface area contributed by atoms with Gasteiger partial charge >= 0.3 is 6.36 Å². The standard InChI is InChI=1S/C20H21F3N2O6S/c1-13-3-2-4-17(18(13)19(26)24-27)32(28,29)25-11-9-15(10-12-25)30-14-5-7-16(8-6-14)31-20(21,22)23/h2-8,15,27H,9-12H2,1H3,(H,24,26). The second kappa shape index (κ2) is 9.35. The number of carbonyl (C=O) groups excluding carboxylic acids is 1. The van der Waals surface area contributed by atoms with E-state index in [2.05, 4.69) is 4.74 Å². The van der Waals surface area contributed by atoms with E-state index in [1.165, 1.54) is 34.1 Å². The molecule has 2 N–H and O–H groups in total. The number of nitrogens with one attached hydrogen (secondary N) is 1. The van der Waals surface area contributed by atoms with Crippen LogP contribution in [0.2, 0.25) is 0 Å². The molecule has 0 unspecified atom stereocenters. The van der Waals surface area contributed by atoms with Crippen LogP contribution in [-0.2, 0) is 10.0 Å². The molecule has 0 radical (unpaired) electrons. The zero-order valence-corrected chi connectivity index (χ0v) is 17.7. The van der Waals surface area contributed by atoms with Crippen LogP contribution in [-0.4, -0.2) is 49.4 Å². The molecular formula is C20H21F3N2O6S. The van der Waals surface area contributed by atoms with Crippen LogP contribution in [0, 0.1) is 6.92 Å². The SMILES string of the molecule is Cc1cccc(S(=O)(=O)N2CCC(Oc3ccc(OC(F)(F)F)cc3)CC2)c1C(=O)NO. The summed E-state index contributed by atoms with van der Waals surface area (Å²) < 4.78 is 73.7. The number of hydrogen-bond acceptors (Lipinski definition) is 6. The van der Waals surface area contributed by atoms with E-state index in [0.29, 0.717) is 24.2 Å². The van der Waals surface area contributed by atoms with Crippen LogP contribution in [0.5, 0.6) is 11.5 Å². The topological polar surface area (TPSA) is 105 Å². The number of carbonyl (C=O) groups is 1. The second-order valence-electron chi connectivity index (χ2n) is 7.13. The van der Waals surface area contributed by atoms with Crippen LogP contribution in [0.1, 0.15) is 28.8 Å². The molecule has 1 heterocycles. The first-order valence-electron chi connectivity index (χ1n) is 9.58. The highest BCUT2D eigenvalue weighted by molar-refractivity contribution is 7.89. The summed E-state index contributed by atoms with van der Waals surface area (Å²) in [4.78, 5) is 11.8. The lowest BCUT2D eigenvalue weighted by Gasteiger charge is -2.32. The molecule has 3 rings (SSSR count). The molecule has 2 aromatic carbocycles. The van der Waals surface area contributed by atoms with Gasteiger partial charge in [0.2, 0.25) is 10.0 Å². The number of nitrogens with zero attached hydrogens (tertiary/aromatic N) is 1. The van der Waals surface area contributed by atoms with Gasteiger partial charge in [0.25, 0.3) is 5.91 Å². The van der Waals surface area contributed by atoms with E-state index >= 15 is 0 Å². The number of rotatable bonds is 6. The van der Waals surface area contributed by atoms with Crippen molar-refractivity contribution in [1.29, 1.82) is 0 Å². The molecule has 2 aromatic rings. The van der Waals surface area contributed by atoms with Gasteiger partial charge in [-0.25, -0.2) is 13.9 Å². The Morgan fingerprint density at radius 3 is 2.25 bits per heavy atom. The average Bonchev–Trinajstić information content (AvgIpc) is 2.74. The summed E-state index contributed by atoms with van der Waals surface area (Å²) in [5.74, 6) is -0.953. The zero-order valence-electron chi connectivity index (χ0n) is 16.9. The third kappa shape index (κ3) is 5.50. The highest BCUT2D eigenvalue weighted by Crippen LogP contribution is 2.29. The molecule has 1 amide bonds. The molecule has 0 atom stereocenters. The molecule has 1 fully saturated rings. The number of hydrogen-bond donors (Lipinski definition) is 2. The van der Waals surface area contributed by atoms with Crippen molar-refractivity contribution < 1.29 is 41.1 Å². The molecule has 1 aliphatic rings. The molecule has 0 spiro atoms. The maximum absolute atomic E-state index is 13.1. The number of amides is 1. The fraction of sp³-hybridized carbons (Fsp3) is 0.350. The Kier molecular flexibility index (Phi) is 6.96. The minimum Gasteiger partial charge on any atom is -0.490 e. The third-order valence-electron chi connectivity index (χ3n) is 4.94. The lowest BCUT2D eigenvalue weighted by Crippen LogP contribution is -2.42. The van der Waals surface area contributed by atoms with Crippen molar-refractivity contribution in [3.8, 4) is 11.5 Å². The Bertz CT molecular complexity index is 1070. The van der Waals surface area contributed by atoms with Gasteiger partial charge in [-0.1, -0.05) is 12.1 Å². The maximum Gasteiger partial charge on any atom is 0.573 e. The Morgan fingerprint density at radius 2 is 1.69 bits per heavy atom. The van der Waals surface area contributed by atoms with Crippen LogP contribution in [0.4, 0.5) is 13.2 Å². The number of piperidine rings is 1. The Morgan fingerprint density at radius 1 is 1.09 bits per heavy atom. The number of alkyl halides is 3. The minimum absolute atomic E-state index is 0.121. The van der Waals surface area contributed by atoms with Crippen molar-refractivity contribution >= 4 is 15.9 Å². The van der Waals surface area contributed by atoms with E-state index in [9.17, 15) is 26.4 Å². The number of halogens is 3. The smallest absolute Gasteiger partial charge is 0.490 e. The Labute approximate surface area is 182 Å². The third-order valence-corrected chi connectivity index (χ3v) is 6.88. The molecule has 174 valence electrons. The van der Waals surface area contributed by atoms with Crippen LogP contribution in [0.15, 0.2) is 47.4 Å². The first-order chi connectivity index (χ1) is 15.0. The molecule has 1 aliphatic heterocycles. The van der Waals surface area contributed by atoms with Gasteiger partial charge < -0.3 is 9.47 Å². The van der Waals surface area contributed by atoms with Crippen molar-refractivity contribution in [3.63, 3.8) is 0 Å². The lowest BCUT2D eigenvalue weighted by atomic mass is 10.1. The summed E-state index contributed by atoms with van der Waals surface area (Å²) in [6.07, 6.45) is -4.44. The predicted molar refractivity (Wildman–Crippen MR) is 106 cm³/mol. The predicted octanol–water partition coefficient (Wildman–Crippen LogP) is 3.24. The molecule has 0 aliphatic carbocycles. The Hall–Kier alpha value is -2.83. The second-order valence-corrected chi connectivity index (χ2v) is 9.04. The first-order valence-corrected chi connectivity index (χ1v) is 11.0. The van der Waals surface area contributed by atoms with Crippen LogP contribution < -0.4 is 15.0 Å². The average molecular weight is 474 g/mol. The van der Waals surface area contributed by atoms with Crippen molar-refractivity contribution in [2.24, 2.45) is 0 Å². The normalized spacial score (nSPS) is 15.9. The summed E-state index contributed by atoms with van der Waals surface area (Å²) in [5.41, 5.74) is 1.74. The fourth-order valence-electron chi connectivity index (χ4n) is 3.44. The first kappa shape index (κ1) is 23.8. The van der Waals surface area contributed by atoms with Gasteiger partial charge in [0.05, 0.1) is 10.5 Å². The molecule has 0 bridgehead atoms. The van der Waals surface area contributed by atoms with Gasteiger partial charge in [0.1, 0.15) is 17.6 Å². The minimum atomic E-state index is -4.78. The van der Waals surface area contributed by atoms with Gasteiger partial charge in [-0.05, 0) is 55.7 Å². The number of aryl methyl sites for hydroxylation is 1. The van der Waals surface area contributed by atoms with Crippen molar-refractivity contribution in [1.82, 2.24) is 9.79 Å². The molecule has 1 saturated heterocycles. The summed E-state index contributed by atoms with van der Waals surface area (Å²) in [6.45, 7) is 1.81. The highest BCUT2D eigenvalue weighted by Gasteiger charge is 2.34. The monoisotopic (exact) mass is 474 g/mol. The highest BCUT2D eigenvalue weighted by atomic mass is 32.2. The van der Waals surface area contributed by atoms with Gasteiger partial charge in [0.15, 0.2) is 0 Å². The Balaban J connectivity index is 1.66. The maximum atomic E-state index is 13.1. The molecule has 0 saturated carbocycles. The van der Waals surface area contributed by atoms with E-state index in [0.717, 1.165) is 12.1 Å². The van der Waals surface area contributed by atoms with Crippen LogP contribution in [0.3, 0.4) is 0 Å². The van der Waals surface area contributed by atoms with E-state index in [1.807, 2.05) is 0 Å². The van der Waals surface area contributed by atoms with E-state index in [-0.39, 0.29) is 35.4 Å². The van der Waals surface area contributed by atoms with Crippen molar-refractivity contribution in [2.75, 3.05) is 13.1 Å². The fourth-order valence-corrected chi connectivity index (χ4v) is 5.18. The largest absolute Gasteiger partial charge is 0.573 e. The summed E-state index contributed by atoms with van der Waals surface area (Å²) in [7, 11) is -4.01. The van der Waals surface area contributed by atoms with Crippen LogP contribution >= 0.6 is 0 Å². The van der Waals surface area contributed by atoms with Crippen LogP contribution in [0.25, 0.3) is 0 Å². The van der Waals surface area contributed by atoms with E-state index in [4.69, 9.17) is 9.94 Å². The van der Waals surface area contributed by atoms with Gasteiger partial charge in [-0.2, -0.15) is 4.31 Å². The van der Waals surface area contributed by atoms with Gasteiger partial charge in [-0.15, -0.1) is 13.2 Å². The number of ether oxygens (including phenoxy) is 2. The van der Waals surface area contributed by atoms with Gasteiger partial charge in [-0.3, -0.25) is 10.0 Å². The van der Waals surface area contributed by atoms with Crippen molar-refractivity contribution in [3.05, 3.63) is 53.6 Å². The summed E-state index contributed by atoms with van der Waals surface area (Å²) in [6, 6.07) is 9.34. The molecule has 32 heavy (non-hydrogen) atoms. The van der Waals surface area contributed by atoms with E-state index in [1.54, 1.807) is 13.0 Å². The number of benzene rings is 2. The summed E-state index contributed by atoms with van der Waals surface area (Å²) in [5, 5.41) is 8.97. The summed E-state index contributed by atoms with van der Waals surface area (Å²) >= 11 is 0. The molecular weight excluding hydrogens is 453 g/mol. The van der Waals surface area contributed by atoms with Gasteiger partial charge in [0, 0.05) is 13.1 Å².